The van der Waals surface area contributed by atoms with Crippen LogP contribution >= 0.6 is 0 Å². The minimum absolute atomic E-state index is 0.0411. The van der Waals surface area contributed by atoms with Gasteiger partial charge in [0, 0.05) is 37.1 Å². The number of hydrazone groups is 2. The van der Waals surface area contributed by atoms with E-state index in [4.69, 9.17) is 9.47 Å². The van der Waals surface area contributed by atoms with Gasteiger partial charge in [0.1, 0.15) is 30.5 Å². The minimum Gasteiger partial charge on any atom is -0.442 e. The van der Waals surface area contributed by atoms with Crippen molar-refractivity contribution in [3.63, 3.8) is 0 Å². The quantitative estimate of drug-likeness (QED) is 0.357. The normalized spacial score (nSPS) is 17.5. The Balaban J connectivity index is 0.000000175. The Morgan fingerprint density at radius 3 is 1.80 bits per heavy atom. The van der Waals surface area contributed by atoms with Gasteiger partial charge in [-0.3, -0.25) is 0 Å². The van der Waals surface area contributed by atoms with Crippen LogP contribution in [0.15, 0.2) is 64.8 Å². The molecule has 3 heterocycles. The summed E-state index contributed by atoms with van der Waals surface area (Å²) in [5.74, 6) is -4.93. The SMILES string of the molecule is Cc1cc(C2=NNC(=O)OC2)ccc1-c1ccc(F)c(F)c1.O=C1NN=C(c2ccc(N3CCC(F)(F)CC3)c(F)c2)CO1. The second-order valence-corrected chi connectivity index (χ2v) is 10.2. The highest BCUT2D eigenvalue weighted by molar-refractivity contribution is 6.04. The lowest BCUT2D eigenvalue weighted by Gasteiger charge is -2.33. The van der Waals surface area contributed by atoms with Crippen LogP contribution in [0.2, 0.25) is 0 Å². The standard InChI is InChI=1S/C16H12F2N2O2.C14H14F3N3O2/c1-9-6-11(15-8-22-16(21)20-19-15)2-4-12(9)10-3-5-13(17)14(18)7-10;15-10-7-9(11-8-22-13(21)19-18-11)1-2-12(10)20-5-3-14(16,17)4-6-20/h2-7H,8H2,1H3,(H,20,21);1-2,7H,3-6,8H2,(H,19,21). The highest BCUT2D eigenvalue weighted by atomic mass is 19.3. The molecule has 1 fully saturated rings. The molecule has 14 heteroatoms. The molecule has 3 aromatic rings. The Morgan fingerprint density at radius 2 is 1.27 bits per heavy atom. The fraction of sp³-hybridized carbons (Fsp3) is 0.267. The lowest BCUT2D eigenvalue weighted by molar-refractivity contribution is -0.0221. The van der Waals surface area contributed by atoms with Crippen LogP contribution in [0.3, 0.4) is 0 Å². The van der Waals surface area contributed by atoms with Gasteiger partial charge in [0.15, 0.2) is 11.6 Å². The third kappa shape index (κ3) is 7.13. The molecule has 0 radical (unpaired) electrons. The predicted octanol–water partition coefficient (Wildman–Crippen LogP) is 5.89. The van der Waals surface area contributed by atoms with Crippen molar-refractivity contribution in [3.8, 4) is 11.1 Å². The number of halogens is 5. The van der Waals surface area contributed by atoms with Crippen LogP contribution < -0.4 is 15.8 Å². The summed E-state index contributed by atoms with van der Waals surface area (Å²) in [6.07, 6.45) is -1.80. The van der Waals surface area contributed by atoms with Crippen LogP contribution in [0.5, 0.6) is 0 Å². The smallest absolute Gasteiger partial charge is 0.428 e. The molecule has 9 nitrogen and oxygen atoms in total. The first-order valence-corrected chi connectivity index (χ1v) is 13.5. The van der Waals surface area contributed by atoms with Crippen molar-refractivity contribution in [1.29, 1.82) is 0 Å². The summed E-state index contributed by atoms with van der Waals surface area (Å²) in [6.45, 7) is 2.14. The van der Waals surface area contributed by atoms with Crippen LogP contribution in [0, 0.1) is 24.4 Å². The van der Waals surface area contributed by atoms with E-state index in [1.807, 2.05) is 13.0 Å². The van der Waals surface area contributed by atoms with Crippen molar-refractivity contribution < 1.29 is 41.0 Å². The van der Waals surface area contributed by atoms with Crippen molar-refractivity contribution in [2.75, 3.05) is 31.2 Å². The number of nitrogens with one attached hydrogen (secondary N) is 2. The topological polar surface area (TPSA) is 105 Å². The van der Waals surface area contributed by atoms with E-state index in [9.17, 15) is 31.5 Å². The molecule has 0 aromatic heterocycles. The fourth-order valence-electron chi connectivity index (χ4n) is 4.77. The second-order valence-electron chi connectivity index (χ2n) is 10.2. The van der Waals surface area contributed by atoms with Gasteiger partial charge in [-0.05, 0) is 53.9 Å². The molecule has 3 aliphatic rings. The van der Waals surface area contributed by atoms with E-state index in [2.05, 4.69) is 21.1 Å². The molecular weight excluding hydrogens is 589 g/mol. The molecule has 0 bridgehead atoms. The fourth-order valence-corrected chi connectivity index (χ4v) is 4.77. The number of benzene rings is 3. The monoisotopic (exact) mass is 615 g/mol. The van der Waals surface area contributed by atoms with Crippen molar-refractivity contribution >= 4 is 29.3 Å². The number of hydrogen-bond donors (Lipinski definition) is 2. The van der Waals surface area contributed by atoms with Crippen molar-refractivity contribution in [3.05, 3.63) is 88.7 Å². The zero-order chi connectivity index (χ0) is 31.4. The van der Waals surface area contributed by atoms with Crippen molar-refractivity contribution in [2.24, 2.45) is 10.2 Å². The molecule has 3 aromatic carbocycles. The molecule has 0 atom stereocenters. The number of alkyl halides is 2. The number of aryl methyl sites for hydroxylation is 1. The van der Waals surface area contributed by atoms with E-state index in [0.29, 0.717) is 28.2 Å². The average Bonchev–Trinajstić information content (AvgIpc) is 3.00. The maximum absolute atomic E-state index is 14.2. The van der Waals surface area contributed by atoms with Gasteiger partial charge in [-0.25, -0.2) is 42.4 Å². The van der Waals surface area contributed by atoms with Gasteiger partial charge in [-0.2, -0.15) is 10.2 Å². The first-order valence-electron chi connectivity index (χ1n) is 13.5. The summed E-state index contributed by atoms with van der Waals surface area (Å²) in [7, 11) is 0. The van der Waals surface area contributed by atoms with Crippen LogP contribution in [-0.4, -0.2) is 55.8 Å². The number of cyclic esters (lactones) is 2. The average molecular weight is 616 g/mol. The maximum Gasteiger partial charge on any atom is 0.428 e. The summed E-state index contributed by atoms with van der Waals surface area (Å²) in [5, 5.41) is 7.73. The van der Waals surface area contributed by atoms with E-state index in [1.165, 1.54) is 24.3 Å². The lowest BCUT2D eigenvalue weighted by atomic mass is 9.97. The van der Waals surface area contributed by atoms with Gasteiger partial charge in [-0.15, -0.1) is 0 Å². The van der Waals surface area contributed by atoms with Gasteiger partial charge in [0.2, 0.25) is 0 Å². The van der Waals surface area contributed by atoms with Crippen LogP contribution in [0.25, 0.3) is 11.1 Å². The Morgan fingerprint density at radius 1 is 0.727 bits per heavy atom. The Labute approximate surface area is 248 Å². The molecule has 3 aliphatic heterocycles. The Kier molecular flexibility index (Phi) is 8.78. The summed E-state index contributed by atoms with van der Waals surface area (Å²) in [4.78, 5) is 23.3. The van der Waals surface area contributed by atoms with Gasteiger partial charge < -0.3 is 14.4 Å². The summed E-state index contributed by atoms with van der Waals surface area (Å²) >= 11 is 0. The summed E-state index contributed by atoms with van der Waals surface area (Å²) in [6, 6.07) is 13.7. The largest absolute Gasteiger partial charge is 0.442 e. The molecule has 0 spiro atoms. The predicted molar refractivity (Wildman–Crippen MR) is 151 cm³/mol. The van der Waals surface area contributed by atoms with E-state index < -0.39 is 35.6 Å². The van der Waals surface area contributed by atoms with Gasteiger partial charge in [0.05, 0.1) is 5.69 Å². The molecule has 0 aliphatic carbocycles. The number of rotatable bonds is 4. The van der Waals surface area contributed by atoms with E-state index in [-0.39, 0.29) is 39.1 Å². The Bertz CT molecular complexity index is 1650. The zero-order valence-electron chi connectivity index (χ0n) is 23.3. The minimum atomic E-state index is -2.67. The van der Waals surface area contributed by atoms with Crippen LogP contribution in [0.4, 0.5) is 37.2 Å². The van der Waals surface area contributed by atoms with Crippen molar-refractivity contribution in [1.82, 2.24) is 10.9 Å². The lowest BCUT2D eigenvalue weighted by Crippen LogP contribution is -2.39. The molecule has 44 heavy (non-hydrogen) atoms. The second kappa shape index (κ2) is 12.7. The molecule has 0 unspecified atom stereocenters. The van der Waals surface area contributed by atoms with Crippen LogP contribution in [0.1, 0.15) is 29.5 Å². The summed E-state index contributed by atoms with van der Waals surface area (Å²) < 4.78 is 76.5. The molecule has 6 rings (SSSR count). The molecular formula is C30H26F5N5O4. The molecule has 0 saturated carbocycles. The summed E-state index contributed by atoms with van der Waals surface area (Å²) in [5.41, 5.74) is 9.22. The zero-order valence-corrected chi connectivity index (χ0v) is 23.3. The third-order valence-electron chi connectivity index (χ3n) is 7.15. The van der Waals surface area contributed by atoms with E-state index >= 15 is 0 Å². The highest BCUT2D eigenvalue weighted by Gasteiger charge is 2.34. The molecule has 2 amide bonds. The number of carbonyl (C=O) groups is 2. The van der Waals surface area contributed by atoms with E-state index in [1.54, 1.807) is 23.1 Å². The van der Waals surface area contributed by atoms with Gasteiger partial charge in [0.25, 0.3) is 5.92 Å². The number of anilines is 1. The number of hydrogen-bond acceptors (Lipinski definition) is 7. The maximum atomic E-state index is 14.2. The number of piperidine rings is 1. The van der Waals surface area contributed by atoms with E-state index in [0.717, 1.165) is 22.8 Å². The van der Waals surface area contributed by atoms with Crippen LogP contribution in [-0.2, 0) is 9.47 Å². The number of amides is 2. The number of ether oxygens (including phenoxy) is 2. The third-order valence-corrected chi connectivity index (χ3v) is 7.15. The van der Waals surface area contributed by atoms with Gasteiger partial charge >= 0.3 is 12.2 Å². The van der Waals surface area contributed by atoms with Gasteiger partial charge in [-0.1, -0.05) is 24.3 Å². The highest BCUT2D eigenvalue weighted by Crippen LogP contribution is 2.32. The first-order chi connectivity index (χ1) is 21.0. The number of carbonyl (C=O) groups excluding carboxylic acids is 2. The Hall–Kier alpha value is -5.01. The number of nitrogens with zero attached hydrogens (tertiary/aromatic N) is 3. The first kappa shape index (κ1) is 30.4. The molecule has 230 valence electrons. The molecule has 1 saturated heterocycles. The van der Waals surface area contributed by atoms with Crippen molar-refractivity contribution in [2.45, 2.75) is 25.7 Å². The molecule has 2 N–H and O–H groups in total.